The van der Waals surface area contributed by atoms with Gasteiger partial charge in [0.2, 0.25) is 0 Å². The minimum absolute atomic E-state index is 0.0603. The van der Waals surface area contributed by atoms with E-state index in [0.29, 0.717) is 11.7 Å². The number of rotatable bonds is 4. The Labute approximate surface area is 136 Å². The number of anilines is 1. The van der Waals surface area contributed by atoms with Crippen molar-refractivity contribution in [2.45, 2.75) is 69.1 Å². The van der Waals surface area contributed by atoms with Gasteiger partial charge in [-0.1, -0.05) is 27.2 Å². The highest BCUT2D eigenvalue weighted by atomic mass is 32.2. The lowest BCUT2D eigenvalue weighted by Crippen LogP contribution is -2.43. The Morgan fingerprint density at radius 2 is 1.77 bits per heavy atom. The van der Waals surface area contributed by atoms with Crippen molar-refractivity contribution >= 4 is 23.8 Å². The van der Waals surface area contributed by atoms with E-state index in [-0.39, 0.29) is 5.04 Å². The van der Waals surface area contributed by atoms with Gasteiger partial charge < -0.3 is 5.73 Å². The predicted octanol–water partition coefficient (Wildman–Crippen LogP) is 4.16. The van der Waals surface area contributed by atoms with Crippen LogP contribution in [-0.2, 0) is 9.92 Å². The summed E-state index contributed by atoms with van der Waals surface area (Å²) < 4.78 is 22.0. The van der Waals surface area contributed by atoms with Crippen LogP contribution in [0.5, 0.6) is 0 Å². The van der Waals surface area contributed by atoms with Crippen LogP contribution in [0.1, 0.15) is 40.0 Å². The van der Waals surface area contributed by atoms with E-state index in [0.717, 1.165) is 17.7 Å². The lowest BCUT2D eigenvalue weighted by Gasteiger charge is -2.35. The summed E-state index contributed by atoms with van der Waals surface area (Å²) in [5.41, 5.74) is 6.45. The molecule has 0 aromatic heterocycles. The first kappa shape index (κ1) is 17.5. The standard InChI is InChI=1S/C16H29N3OSSi/c1-16(2,3)22(4,5)19-21(20,18-14-7-6-8-14)15-11-9-13(17)10-12-15/h9-12,14H,6-8,17H2,1-5H3,(H,18,19,20). The summed E-state index contributed by atoms with van der Waals surface area (Å²) in [6.07, 6.45) is 3.37. The van der Waals surface area contributed by atoms with Gasteiger partial charge in [-0.2, -0.15) is 0 Å². The molecule has 1 aliphatic rings. The van der Waals surface area contributed by atoms with Crippen LogP contribution in [0.3, 0.4) is 0 Å². The van der Waals surface area contributed by atoms with E-state index in [4.69, 9.17) is 9.76 Å². The quantitative estimate of drug-likeness (QED) is 0.639. The molecule has 0 aliphatic heterocycles. The van der Waals surface area contributed by atoms with E-state index in [9.17, 15) is 4.21 Å². The molecule has 0 radical (unpaired) electrons. The Morgan fingerprint density at radius 1 is 1.23 bits per heavy atom. The van der Waals surface area contributed by atoms with Gasteiger partial charge in [0, 0.05) is 11.7 Å². The third-order valence-corrected chi connectivity index (χ3v) is 12.9. The van der Waals surface area contributed by atoms with Crippen LogP contribution in [0.2, 0.25) is 18.1 Å². The fourth-order valence-corrected chi connectivity index (χ4v) is 7.64. The van der Waals surface area contributed by atoms with E-state index < -0.39 is 18.2 Å². The summed E-state index contributed by atoms with van der Waals surface area (Å²) in [7, 11) is -4.64. The molecule has 1 atom stereocenters. The van der Waals surface area contributed by atoms with Gasteiger partial charge in [0.1, 0.15) is 9.92 Å². The van der Waals surface area contributed by atoms with E-state index in [2.05, 4.69) is 38.6 Å². The number of nitrogens with two attached hydrogens (primary N) is 1. The van der Waals surface area contributed by atoms with Crippen molar-refractivity contribution in [1.82, 2.24) is 4.72 Å². The van der Waals surface area contributed by atoms with Crippen LogP contribution in [0.4, 0.5) is 5.69 Å². The van der Waals surface area contributed by atoms with Gasteiger partial charge in [0.05, 0.1) is 4.90 Å². The molecule has 0 saturated heterocycles. The largest absolute Gasteiger partial charge is 0.399 e. The van der Waals surface area contributed by atoms with Crippen molar-refractivity contribution in [3.8, 4) is 0 Å². The highest BCUT2D eigenvalue weighted by molar-refractivity contribution is 7.92. The van der Waals surface area contributed by atoms with E-state index >= 15 is 0 Å². The molecule has 1 unspecified atom stereocenters. The first-order valence-corrected chi connectivity index (χ1v) is 12.4. The zero-order chi connectivity index (χ0) is 16.6. The number of hydrogen-bond acceptors (Lipinski definition) is 3. The maximum Gasteiger partial charge on any atom is 0.195 e. The van der Waals surface area contributed by atoms with Gasteiger partial charge >= 0.3 is 0 Å². The molecule has 3 N–H and O–H groups in total. The van der Waals surface area contributed by atoms with Crippen LogP contribution in [0.15, 0.2) is 33.2 Å². The zero-order valence-corrected chi connectivity index (χ0v) is 16.2. The lowest BCUT2D eigenvalue weighted by molar-refractivity contribution is 0.389. The Morgan fingerprint density at radius 3 is 2.18 bits per heavy atom. The molecule has 1 aromatic rings. The van der Waals surface area contributed by atoms with Gasteiger partial charge in [-0.3, -0.25) is 4.03 Å². The molecule has 2 rings (SSSR count). The van der Waals surface area contributed by atoms with Crippen LogP contribution >= 0.6 is 0 Å². The number of nitrogen functional groups attached to an aromatic ring is 1. The molecule has 1 fully saturated rings. The maximum atomic E-state index is 13.7. The Kier molecular flexibility index (Phi) is 4.76. The highest BCUT2D eigenvalue weighted by Crippen LogP contribution is 2.38. The summed E-state index contributed by atoms with van der Waals surface area (Å²) >= 11 is 0. The van der Waals surface area contributed by atoms with Crippen molar-refractivity contribution in [2.75, 3.05) is 5.73 Å². The zero-order valence-electron chi connectivity index (χ0n) is 14.3. The average Bonchev–Trinajstić information content (AvgIpc) is 2.33. The van der Waals surface area contributed by atoms with Crippen LogP contribution < -0.4 is 10.5 Å². The van der Waals surface area contributed by atoms with Crippen molar-refractivity contribution in [3.63, 3.8) is 0 Å². The second-order valence-corrected chi connectivity index (χ2v) is 14.8. The molecule has 1 saturated carbocycles. The minimum atomic E-state index is -2.60. The first-order chi connectivity index (χ1) is 10.0. The third kappa shape index (κ3) is 3.72. The summed E-state index contributed by atoms with van der Waals surface area (Å²) in [6, 6.07) is 7.62. The lowest BCUT2D eigenvalue weighted by atomic mass is 9.94. The smallest absolute Gasteiger partial charge is 0.195 e. The average molecular weight is 340 g/mol. The molecule has 1 aromatic carbocycles. The monoisotopic (exact) mass is 339 g/mol. The number of benzene rings is 1. The Hall–Kier alpha value is -0.853. The van der Waals surface area contributed by atoms with Crippen LogP contribution in [0, 0.1) is 0 Å². The van der Waals surface area contributed by atoms with E-state index in [1.54, 1.807) is 12.1 Å². The molecule has 0 heterocycles. The minimum Gasteiger partial charge on any atom is -0.399 e. The first-order valence-electron chi connectivity index (χ1n) is 7.95. The van der Waals surface area contributed by atoms with Gasteiger partial charge in [-0.15, -0.1) is 0 Å². The summed E-state index contributed by atoms with van der Waals surface area (Å²) in [5, 5.41) is 0.0603. The van der Waals surface area contributed by atoms with Crippen molar-refractivity contribution in [2.24, 2.45) is 4.03 Å². The number of nitrogens with zero attached hydrogens (tertiary/aromatic N) is 1. The van der Waals surface area contributed by atoms with Crippen molar-refractivity contribution in [1.29, 1.82) is 0 Å². The second kappa shape index (κ2) is 5.98. The Balaban J connectivity index is 2.50. The normalized spacial score (nSPS) is 19.3. The molecule has 22 heavy (non-hydrogen) atoms. The third-order valence-electron chi connectivity index (χ3n) is 4.82. The van der Waals surface area contributed by atoms with Crippen LogP contribution in [-0.4, -0.2) is 18.5 Å². The summed E-state index contributed by atoms with van der Waals surface area (Å²) in [5.74, 6) is 0. The van der Waals surface area contributed by atoms with E-state index in [1.807, 2.05) is 12.1 Å². The second-order valence-electron chi connectivity index (χ2n) is 7.74. The predicted molar refractivity (Wildman–Crippen MR) is 97.7 cm³/mol. The van der Waals surface area contributed by atoms with Gasteiger partial charge in [-0.25, -0.2) is 8.93 Å². The SMILES string of the molecule is CC(C)(C)[Si](C)(C)N=S(=O)(NC1CCC1)c1ccc(N)cc1. The fraction of sp³-hybridized carbons (Fsp3) is 0.625. The van der Waals surface area contributed by atoms with Crippen LogP contribution in [0.25, 0.3) is 0 Å². The van der Waals surface area contributed by atoms with Gasteiger partial charge in [0.15, 0.2) is 8.24 Å². The molecular formula is C16H29N3OSSi. The van der Waals surface area contributed by atoms with Gasteiger partial charge in [-0.05, 0) is 55.2 Å². The molecular weight excluding hydrogens is 310 g/mol. The molecule has 0 amide bonds. The number of hydrogen-bond donors (Lipinski definition) is 2. The van der Waals surface area contributed by atoms with Gasteiger partial charge in [0.25, 0.3) is 0 Å². The molecule has 4 nitrogen and oxygen atoms in total. The molecule has 0 spiro atoms. The molecule has 1 aliphatic carbocycles. The highest BCUT2D eigenvalue weighted by Gasteiger charge is 2.38. The van der Waals surface area contributed by atoms with E-state index in [1.165, 1.54) is 6.42 Å². The molecule has 124 valence electrons. The molecule has 0 bridgehead atoms. The fourth-order valence-electron chi connectivity index (χ4n) is 2.01. The molecule has 6 heteroatoms. The summed E-state index contributed by atoms with van der Waals surface area (Å²) in [4.78, 5) is 0.749. The van der Waals surface area contributed by atoms with Crippen molar-refractivity contribution in [3.05, 3.63) is 24.3 Å². The summed E-state index contributed by atoms with van der Waals surface area (Å²) in [6.45, 7) is 10.9. The number of nitrogens with one attached hydrogen (secondary N) is 1. The maximum absolute atomic E-state index is 13.7. The van der Waals surface area contributed by atoms with Crippen molar-refractivity contribution < 1.29 is 4.21 Å². The topological polar surface area (TPSA) is 67.5 Å². The Bertz CT molecular complexity index is 636.